The lowest BCUT2D eigenvalue weighted by Gasteiger charge is -2.03. The van der Waals surface area contributed by atoms with Crippen LogP contribution in [0.4, 0.5) is 0 Å². The second-order valence-corrected chi connectivity index (χ2v) is 5.73. The molecule has 0 spiro atoms. The Hall–Kier alpha value is -0.980. The van der Waals surface area contributed by atoms with Crippen molar-refractivity contribution in [3.8, 4) is 0 Å². The van der Waals surface area contributed by atoms with Gasteiger partial charge in [0.1, 0.15) is 10.0 Å². The van der Waals surface area contributed by atoms with E-state index in [9.17, 15) is 0 Å². The molecule has 0 aliphatic rings. The minimum atomic E-state index is 0.0245. The van der Waals surface area contributed by atoms with Gasteiger partial charge in [-0.25, -0.2) is 4.98 Å². The summed E-state index contributed by atoms with van der Waals surface area (Å²) in [5.41, 5.74) is 1.87. The molecular formula is C10H11N3OS2. The summed E-state index contributed by atoms with van der Waals surface area (Å²) in [7, 11) is 0. The molecule has 0 unspecified atom stereocenters. The van der Waals surface area contributed by atoms with Gasteiger partial charge in [0, 0.05) is 6.20 Å². The highest BCUT2D eigenvalue weighted by atomic mass is 32.2. The average molecular weight is 253 g/mol. The molecule has 0 radical (unpaired) electrons. The van der Waals surface area contributed by atoms with Crippen LogP contribution in [0.2, 0.25) is 0 Å². The van der Waals surface area contributed by atoms with Crippen LogP contribution in [-0.2, 0) is 6.61 Å². The maximum atomic E-state index is 8.98. The third kappa shape index (κ3) is 2.58. The third-order valence-electron chi connectivity index (χ3n) is 1.96. The first kappa shape index (κ1) is 11.5. The smallest absolute Gasteiger partial charge is 0.180 e. The predicted octanol–water partition coefficient (Wildman–Crippen LogP) is 2.19. The molecule has 2 aromatic heterocycles. The van der Waals surface area contributed by atoms with Crippen molar-refractivity contribution >= 4 is 23.1 Å². The Bertz CT molecular complexity index is 499. The highest BCUT2D eigenvalue weighted by Gasteiger charge is 2.07. The Morgan fingerprint density at radius 1 is 1.38 bits per heavy atom. The number of aliphatic hydroxyl groups is 1. The number of aryl methyl sites for hydroxylation is 2. The minimum Gasteiger partial charge on any atom is -0.392 e. The van der Waals surface area contributed by atoms with Gasteiger partial charge in [-0.2, -0.15) is 0 Å². The van der Waals surface area contributed by atoms with Crippen molar-refractivity contribution in [3.05, 3.63) is 28.4 Å². The van der Waals surface area contributed by atoms with Gasteiger partial charge in [-0.3, -0.25) is 0 Å². The Morgan fingerprint density at radius 2 is 2.19 bits per heavy atom. The van der Waals surface area contributed by atoms with Crippen LogP contribution in [0.5, 0.6) is 0 Å². The topological polar surface area (TPSA) is 58.9 Å². The minimum absolute atomic E-state index is 0.0245. The summed E-state index contributed by atoms with van der Waals surface area (Å²) >= 11 is 3.06. The van der Waals surface area contributed by atoms with Crippen molar-refractivity contribution in [1.82, 2.24) is 15.2 Å². The fourth-order valence-electron chi connectivity index (χ4n) is 1.22. The summed E-state index contributed by atoms with van der Waals surface area (Å²) in [4.78, 5) is 4.30. The molecule has 2 heterocycles. The van der Waals surface area contributed by atoms with E-state index < -0.39 is 0 Å². The molecular weight excluding hydrogens is 242 g/mol. The number of aromatic nitrogens is 3. The molecule has 0 aromatic carbocycles. The first-order valence-electron chi connectivity index (χ1n) is 4.73. The lowest BCUT2D eigenvalue weighted by atomic mass is 10.2. The molecule has 0 amide bonds. The highest BCUT2D eigenvalue weighted by Crippen LogP contribution is 2.30. The van der Waals surface area contributed by atoms with Crippen molar-refractivity contribution in [2.24, 2.45) is 0 Å². The highest BCUT2D eigenvalue weighted by molar-refractivity contribution is 8.01. The van der Waals surface area contributed by atoms with E-state index in [0.29, 0.717) is 0 Å². The van der Waals surface area contributed by atoms with Gasteiger partial charge in [0.15, 0.2) is 4.34 Å². The molecule has 2 rings (SSSR count). The van der Waals surface area contributed by atoms with Crippen molar-refractivity contribution in [3.63, 3.8) is 0 Å². The second-order valence-electron chi connectivity index (χ2n) is 3.31. The van der Waals surface area contributed by atoms with Crippen LogP contribution in [-0.4, -0.2) is 20.3 Å². The van der Waals surface area contributed by atoms with Crippen LogP contribution < -0.4 is 0 Å². The third-order valence-corrected chi connectivity index (χ3v) is 3.97. The molecule has 0 aliphatic heterocycles. The number of aliphatic hydroxyl groups excluding tert-OH is 1. The zero-order valence-corrected chi connectivity index (χ0v) is 10.6. The second kappa shape index (κ2) is 4.90. The Labute approximate surface area is 102 Å². The van der Waals surface area contributed by atoms with Gasteiger partial charge >= 0.3 is 0 Å². The molecule has 1 N–H and O–H groups in total. The number of nitrogens with zero attached hydrogens (tertiary/aromatic N) is 3. The summed E-state index contributed by atoms with van der Waals surface area (Å²) in [5, 5.41) is 18.8. The van der Waals surface area contributed by atoms with Gasteiger partial charge in [0.05, 0.1) is 6.61 Å². The molecule has 84 valence electrons. The number of pyridine rings is 1. The first-order chi connectivity index (χ1) is 7.69. The van der Waals surface area contributed by atoms with Crippen molar-refractivity contribution in [2.45, 2.75) is 29.8 Å². The predicted molar refractivity (Wildman–Crippen MR) is 63.7 cm³/mol. The van der Waals surface area contributed by atoms with E-state index >= 15 is 0 Å². The summed E-state index contributed by atoms with van der Waals surface area (Å²) in [5.74, 6) is 0. The van der Waals surface area contributed by atoms with E-state index in [1.807, 2.05) is 19.9 Å². The van der Waals surface area contributed by atoms with Crippen LogP contribution in [0.15, 0.2) is 21.6 Å². The molecule has 16 heavy (non-hydrogen) atoms. The fraction of sp³-hybridized carbons (Fsp3) is 0.300. The van der Waals surface area contributed by atoms with Crippen LogP contribution in [0.3, 0.4) is 0 Å². The van der Waals surface area contributed by atoms with Gasteiger partial charge in [0.25, 0.3) is 0 Å². The normalized spacial score (nSPS) is 10.7. The zero-order valence-electron chi connectivity index (χ0n) is 8.97. The van der Waals surface area contributed by atoms with Gasteiger partial charge in [0.2, 0.25) is 0 Å². The molecule has 0 saturated carbocycles. The lowest BCUT2D eigenvalue weighted by molar-refractivity contribution is 0.281. The lowest BCUT2D eigenvalue weighted by Crippen LogP contribution is -1.90. The first-order valence-corrected chi connectivity index (χ1v) is 6.36. The van der Waals surface area contributed by atoms with E-state index in [0.717, 1.165) is 25.5 Å². The zero-order chi connectivity index (χ0) is 11.5. The summed E-state index contributed by atoms with van der Waals surface area (Å²) in [6.07, 6.45) is 1.68. The monoisotopic (exact) mass is 253 g/mol. The summed E-state index contributed by atoms with van der Waals surface area (Å²) in [6.45, 7) is 3.93. The molecule has 2 aromatic rings. The SMILES string of the molecule is Cc1nnc(Sc2ncc(CO)cc2C)s1. The average Bonchev–Trinajstić information content (AvgIpc) is 2.67. The van der Waals surface area contributed by atoms with Gasteiger partial charge in [-0.15, -0.1) is 10.2 Å². The van der Waals surface area contributed by atoms with E-state index in [-0.39, 0.29) is 6.61 Å². The molecule has 0 atom stereocenters. The molecule has 0 saturated heterocycles. The number of rotatable bonds is 3. The standard InChI is InChI=1S/C10H11N3OS2/c1-6-3-8(5-14)4-11-9(6)16-10-13-12-7(2)15-10/h3-4,14H,5H2,1-2H3. The van der Waals surface area contributed by atoms with Gasteiger partial charge in [-0.05, 0) is 42.8 Å². The number of hydrogen-bond acceptors (Lipinski definition) is 6. The Kier molecular flexibility index (Phi) is 3.52. The molecule has 0 aliphatic carbocycles. The maximum Gasteiger partial charge on any atom is 0.180 e. The molecule has 0 fully saturated rings. The summed E-state index contributed by atoms with van der Waals surface area (Å²) in [6, 6.07) is 1.93. The van der Waals surface area contributed by atoms with Crippen LogP contribution in [0.1, 0.15) is 16.1 Å². The fourth-order valence-corrected chi connectivity index (χ4v) is 2.97. The van der Waals surface area contributed by atoms with E-state index in [1.165, 1.54) is 11.8 Å². The van der Waals surface area contributed by atoms with Crippen molar-refractivity contribution in [1.29, 1.82) is 0 Å². The van der Waals surface area contributed by atoms with E-state index in [2.05, 4.69) is 15.2 Å². The van der Waals surface area contributed by atoms with Crippen molar-refractivity contribution in [2.75, 3.05) is 0 Å². The van der Waals surface area contributed by atoms with E-state index in [4.69, 9.17) is 5.11 Å². The Morgan fingerprint density at radius 3 is 2.75 bits per heavy atom. The van der Waals surface area contributed by atoms with Crippen LogP contribution in [0.25, 0.3) is 0 Å². The number of hydrogen-bond donors (Lipinski definition) is 1. The maximum absolute atomic E-state index is 8.98. The van der Waals surface area contributed by atoms with Crippen molar-refractivity contribution < 1.29 is 5.11 Å². The molecule has 6 heteroatoms. The Balaban J connectivity index is 2.21. The molecule has 4 nitrogen and oxygen atoms in total. The van der Waals surface area contributed by atoms with Gasteiger partial charge in [-0.1, -0.05) is 11.3 Å². The summed E-state index contributed by atoms with van der Waals surface area (Å²) < 4.78 is 0.893. The largest absolute Gasteiger partial charge is 0.392 e. The van der Waals surface area contributed by atoms with E-state index in [1.54, 1.807) is 17.5 Å². The quantitative estimate of drug-likeness (QED) is 0.908. The van der Waals surface area contributed by atoms with Gasteiger partial charge < -0.3 is 5.11 Å². The molecule has 0 bridgehead atoms. The van der Waals surface area contributed by atoms with Crippen LogP contribution >= 0.6 is 23.1 Å². The van der Waals surface area contributed by atoms with Crippen LogP contribution in [0, 0.1) is 13.8 Å².